The van der Waals surface area contributed by atoms with E-state index in [0.717, 1.165) is 11.1 Å². The van der Waals surface area contributed by atoms with Gasteiger partial charge in [0.25, 0.3) is 0 Å². The van der Waals surface area contributed by atoms with E-state index in [-0.39, 0.29) is 0 Å². The van der Waals surface area contributed by atoms with Crippen molar-refractivity contribution in [2.24, 2.45) is 5.73 Å². The van der Waals surface area contributed by atoms with Crippen LogP contribution in [0.5, 0.6) is 0 Å². The zero-order chi connectivity index (χ0) is 14.5. The molecule has 0 amide bonds. The minimum Gasteiger partial charge on any atom is -0.382 e. The summed E-state index contributed by atoms with van der Waals surface area (Å²) >= 11 is 0. The van der Waals surface area contributed by atoms with E-state index in [2.05, 4.69) is 0 Å². The monoisotopic (exact) mass is 283 g/mol. The van der Waals surface area contributed by atoms with Crippen LogP contribution in [0.1, 0.15) is 11.1 Å². The molecule has 20 heavy (non-hydrogen) atoms. The molecule has 2 N–H and O–H groups in total. The van der Waals surface area contributed by atoms with E-state index < -0.39 is 0 Å². The van der Waals surface area contributed by atoms with Gasteiger partial charge in [-0.1, -0.05) is 24.3 Å². The van der Waals surface area contributed by atoms with Gasteiger partial charge in [-0.15, -0.1) is 0 Å². The lowest BCUT2D eigenvalue weighted by molar-refractivity contribution is 0.000868. The largest absolute Gasteiger partial charge is 0.382 e. The fourth-order valence-electron chi connectivity index (χ4n) is 1.54. The van der Waals surface area contributed by atoms with E-state index in [1.165, 1.54) is 0 Å². The average Bonchev–Trinajstić information content (AvgIpc) is 2.50. The second kappa shape index (κ2) is 11.8. The van der Waals surface area contributed by atoms with Crippen molar-refractivity contribution in [3.8, 4) is 0 Å². The zero-order valence-corrected chi connectivity index (χ0v) is 12.2. The third kappa shape index (κ3) is 8.24. The lowest BCUT2D eigenvalue weighted by Crippen LogP contribution is -2.11. The number of nitrogens with two attached hydrogens (primary N) is 1. The number of benzene rings is 1. The van der Waals surface area contributed by atoms with E-state index in [1.807, 2.05) is 24.3 Å². The predicted octanol–water partition coefficient (Wildman–Crippen LogP) is 1.34. The van der Waals surface area contributed by atoms with Crippen LogP contribution in [0.25, 0.3) is 0 Å². The van der Waals surface area contributed by atoms with Crippen molar-refractivity contribution in [3.05, 3.63) is 35.4 Å². The van der Waals surface area contributed by atoms with Crippen LogP contribution in [0.15, 0.2) is 24.3 Å². The summed E-state index contributed by atoms with van der Waals surface area (Å²) in [6, 6.07) is 8.11. The summed E-state index contributed by atoms with van der Waals surface area (Å²) in [6.07, 6.45) is 0. The SMILES string of the molecule is COCCOCCOCCOCc1ccc(CN)cc1. The molecule has 0 fully saturated rings. The molecule has 0 saturated heterocycles. The molecule has 0 atom stereocenters. The molecule has 5 heteroatoms. The van der Waals surface area contributed by atoms with Gasteiger partial charge in [0.1, 0.15) is 0 Å². The first-order valence-corrected chi connectivity index (χ1v) is 6.87. The van der Waals surface area contributed by atoms with Crippen LogP contribution in [0.4, 0.5) is 0 Å². The number of rotatable bonds is 12. The minimum atomic E-state index is 0.571. The zero-order valence-electron chi connectivity index (χ0n) is 12.2. The Labute approximate surface area is 121 Å². The fraction of sp³-hybridized carbons (Fsp3) is 0.600. The van der Waals surface area contributed by atoms with Crippen LogP contribution in [-0.4, -0.2) is 46.8 Å². The van der Waals surface area contributed by atoms with Crippen LogP contribution in [0.2, 0.25) is 0 Å². The highest BCUT2D eigenvalue weighted by molar-refractivity contribution is 5.21. The van der Waals surface area contributed by atoms with Gasteiger partial charge < -0.3 is 24.7 Å². The molecular weight excluding hydrogens is 258 g/mol. The average molecular weight is 283 g/mol. The van der Waals surface area contributed by atoms with E-state index in [9.17, 15) is 0 Å². The van der Waals surface area contributed by atoms with Gasteiger partial charge in [-0.25, -0.2) is 0 Å². The Bertz CT molecular complexity index is 329. The quantitative estimate of drug-likeness (QED) is 0.587. The van der Waals surface area contributed by atoms with Crippen molar-refractivity contribution >= 4 is 0 Å². The van der Waals surface area contributed by atoms with Gasteiger partial charge in [-0.05, 0) is 11.1 Å². The predicted molar refractivity (Wildman–Crippen MR) is 77.5 cm³/mol. The molecule has 0 saturated carbocycles. The van der Waals surface area contributed by atoms with Gasteiger partial charge in [0.05, 0.1) is 46.2 Å². The number of ether oxygens (including phenoxy) is 4. The molecule has 1 aromatic carbocycles. The maximum absolute atomic E-state index is 5.54. The van der Waals surface area contributed by atoms with Gasteiger partial charge in [-0.3, -0.25) is 0 Å². The molecular formula is C15H25NO4. The maximum Gasteiger partial charge on any atom is 0.0718 e. The van der Waals surface area contributed by atoms with Crippen LogP contribution in [0.3, 0.4) is 0 Å². The third-order valence-electron chi connectivity index (χ3n) is 2.70. The number of hydrogen-bond donors (Lipinski definition) is 1. The molecule has 5 nitrogen and oxygen atoms in total. The molecule has 0 spiro atoms. The van der Waals surface area contributed by atoms with Crippen LogP contribution < -0.4 is 5.73 Å². The molecule has 1 rings (SSSR count). The van der Waals surface area contributed by atoms with Crippen molar-refractivity contribution in [2.75, 3.05) is 46.8 Å². The highest BCUT2D eigenvalue weighted by Gasteiger charge is 1.95. The summed E-state index contributed by atoms with van der Waals surface area (Å²) < 4.78 is 21.0. The normalized spacial score (nSPS) is 10.9. The van der Waals surface area contributed by atoms with Gasteiger partial charge in [0.2, 0.25) is 0 Å². The van der Waals surface area contributed by atoms with Crippen LogP contribution in [-0.2, 0) is 32.1 Å². The van der Waals surface area contributed by atoms with Crippen molar-refractivity contribution in [1.29, 1.82) is 0 Å². The molecule has 0 aliphatic heterocycles. The topological polar surface area (TPSA) is 62.9 Å². The first-order chi connectivity index (χ1) is 9.86. The minimum absolute atomic E-state index is 0.571. The summed E-state index contributed by atoms with van der Waals surface area (Å²) in [5.41, 5.74) is 7.82. The van der Waals surface area contributed by atoms with E-state index in [0.29, 0.717) is 52.8 Å². The highest BCUT2D eigenvalue weighted by Crippen LogP contribution is 2.04. The Morgan fingerprint density at radius 3 is 1.80 bits per heavy atom. The van der Waals surface area contributed by atoms with Crippen LogP contribution >= 0.6 is 0 Å². The molecule has 0 aromatic heterocycles. The fourth-order valence-corrected chi connectivity index (χ4v) is 1.54. The Balaban J connectivity index is 1.91. The molecule has 0 unspecified atom stereocenters. The van der Waals surface area contributed by atoms with Crippen molar-refractivity contribution in [1.82, 2.24) is 0 Å². The summed E-state index contributed by atoms with van der Waals surface area (Å²) in [7, 11) is 1.65. The number of methoxy groups -OCH3 is 1. The summed E-state index contributed by atoms with van der Waals surface area (Å²) in [5.74, 6) is 0. The first kappa shape index (κ1) is 17.1. The lowest BCUT2D eigenvalue weighted by atomic mass is 10.1. The Hall–Kier alpha value is -0.980. The first-order valence-electron chi connectivity index (χ1n) is 6.87. The van der Waals surface area contributed by atoms with Gasteiger partial charge in [-0.2, -0.15) is 0 Å². The van der Waals surface area contributed by atoms with Gasteiger partial charge in [0, 0.05) is 13.7 Å². The molecule has 114 valence electrons. The summed E-state index contributed by atoms with van der Waals surface area (Å²) in [4.78, 5) is 0. The molecule has 1 aromatic rings. The van der Waals surface area contributed by atoms with Crippen molar-refractivity contribution in [3.63, 3.8) is 0 Å². The Kier molecular flexibility index (Phi) is 10.1. The van der Waals surface area contributed by atoms with Gasteiger partial charge in [0.15, 0.2) is 0 Å². The number of hydrogen-bond acceptors (Lipinski definition) is 5. The van der Waals surface area contributed by atoms with E-state index in [1.54, 1.807) is 7.11 Å². The summed E-state index contributed by atoms with van der Waals surface area (Å²) in [5, 5.41) is 0. The van der Waals surface area contributed by atoms with E-state index in [4.69, 9.17) is 24.7 Å². The van der Waals surface area contributed by atoms with Crippen molar-refractivity contribution in [2.45, 2.75) is 13.2 Å². The standard InChI is InChI=1S/C15H25NO4/c1-17-6-7-18-8-9-19-10-11-20-13-15-4-2-14(12-16)3-5-15/h2-5H,6-13,16H2,1H3. The summed E-state index contributed by atoms with van der Waals surface area (Å²) in [6.45, 7) is 4.72. The van der Waals surface area contributed by atoms with Crippen LogP contribution in [0, 0.1) is 0 Å². The Morgan fingerprint density at radius 2 is 1.25 bits per heavy atom. The third-order valence-corrected chi connectivity index (χ3v) is 2.70. The molecule has 0 aliphatic carbocycles. The second-order valence-corrected chi connectivity index (χ2v) is 4.29. The van der Waals surface area contributed by atoms with Crippen molar-refractivity contribution < 1.29 is 18.9 Å². The molecule has 0 aliphatic rings. The maximum atomic E-state index is 5.54. The van der Waals surface area contributed by atoms with E-state index >= 15 is 0 Å². The highest BCUT2D eigenvalue weighted by atomic mass is 16.6. The second-order valence-electron chi connectivity index (χ2n) is 4.29. The molecule has 0 bridgehead atoms. The lowest BCUT2D eigenvalue weighted by Gasteiger charge is -2.07. The Morgan fingerprint density at radius 1 is 0.750 bits per heavy atom. The molecule has 0 radical (unpaired) electrons. The van der Waals surface area contributed by atoms with Gasteiger partial charge >= 0.3 is 0 Å². The molecule has 0 heterocycles. The smallest absolute Gasteiger partial charge is 0.0718 e.